The molecule has 1 aliphatic carbocycles. The fraction of sp³-hybridized carbons (Fsp3) is 0.450. The molecule has 1 aromatic carbocycles. The Balaban J connectivity index is 1.41. The summed E-state index contributed by atoms with van der Waals surface area (Å²) < 4.78 is 5.36. The number of anilines is 2. The summed E-state index contributed by atoms with van der Waals surface area (Å²) in [5.74, 6) is 1.34. The average Bonchev–Trinajstić information content (AvgIpc) is 3.56. The zero-order chi connectivity index (χ0) is 19.5. The highest BCUT2D eigenvalue weighted by molar-refractivity contribution is 6.30. The summed E-state index contributed by atoms with van der Waals surface area (Å²) in [4.78, 5) is 25.7. The number of rotatable bonds is 6. The molecule has 1 amide bonds. The van der Waals surface area contributed by atoms with E-state index in [4.69, 9.17) is 16.3 Å². The third-order valence-corrected chi connectivity index (χ3v) is 5.40. The van der Waals surface area contributed by atoms with Crippen LogP contribution < -0.4 is 19.9 Å². The van der Waals surface area contributed by atoms with E-state index >= 15 is 0 Å². The Morgan fingerprint density at radius 1 is 1.25 bits per heavy atom. The number of aromatic nitrogens is 2. The molecule has 1 N–H and O–H groups in total. The van der Waals surface area contributed by atoms with Crippen LogP contribution in [0, 0.1) is 5.92 Å². The Bertz CT molecular complexity index is 850. The molecule has 0 bridgehead atoms. The van der Waals surface area contributed by atoms with Gasteiger partial charge < -0.3 is 19.9 Å². The van der Waals surface area contributed by atoms with Gasteiger partial charge in [0.25, 0.3) is 5.91 Å². The molecule has 1 saturated carbocycles. The molecule has 2 aromatic rings. The molecule has 28 heavy (non-hydrogen) atoms. The molecule has 8 heteroatoms. The smallest absolute Gasteiger partial charge is 0.258 e. The van der Waals surface area contributed by atoms with E-state index in [0.717, 1.165) is 36.9 Å². The molecule has 2 aliphatic rings. The number of nitrogens with one attached hydrogen (secondary N) is 1. The van der Waals surface area contributed by atoms with Gasteiger partial charge in [0.05, 0.1) is 7.11 Å². The number of ether oxygens (including phenoxy) is 1. The highest BCUT2D eigenvalue weighted by Crippen LogP contribution is 2.28. The largest absolute Gasteiger partial charge is 0.480 e. The SMILES string of the molecule is COc1nc(N2CCN(c3cccc(Cl)c3)CC2)ncc1C(=O)NCC1CC1. The average molecular weight is 402 g/mol. The minimum absolute atomic E-state index is 0.180. The first kappa shape index (κ1) is 18.8. The van der Waals surface area contributed by atoms with E-state index in [2.05, 4.69) is 31.2 Å². The minimum atomic E-state index is -0.180. The summed E-state index contributed by atoms with van der Waals surface area (Å²) in [5, 5.41) is 3.67. The molecule has 0 radical (unpaired) electrons. The van der Waals surface area contributed by atoms with Crippen molar-refractivity contribution in [3.8, 4) is 5.88 Å². The predicted octanol–water partition coefficient (Wildman–Crippen LogP) is 2.61. The van der Waals surface area contributed by atoms with Crippen molar-refractivity contribution in [1.29, 1.82) is 0 Å². The van der Waals surface area contributed by atoms with E-state index in [1.807, 2.05) is 18.2 Å². The van der Waals surface area contributed by atoms with E-state index in [1.54, 1.807) is 6.20 Å². The number of amides is 1. The first-order chi connectivity index (χ1) is 13.6. The highest BCUT2D eigenvalue weighted by atomic mass is 35.5. The summed E-state index contributed by atoms with van der Waals surface area (Å²) in [6.45, 7) is 3.95. The number of benzene rings is 1. The van der Waals surface area contributed by atoms with Gasteiger partial charge in [-0.2, -0.15) is 4.98 Å². The zero-order valence-electron chi connectivity index (χ0n) is 15.9. The second-order valence-electron chi connectivity index (χ2n) is 7.20. The molecular weight excluding hydrogens is 378 g/mol. The van der Waals surface area contributed by atoms with Gasteiger partial charge in [-0.3, -0.25) is 4.79 Å². The standard InChI is InChI=1S/C20H24ClN5O2/c1-28-19-17(18(27)22-12-14-5-6-14)13-23-20(24-19)26-9-7-25(8-10-26)16-4-2-3-15(21)11-16/h2-4,11,13-14H,5-10,12H2,1H3,(H,22,27). The molecule has 0 unspecified atom stereocenters. The summed E-state index contributed by atoms with van der Waals surface area (Å²) in [6, 6.07) is 7.89. The highest BCUT2D eigenvalue weighted by Gasteiger charge is 2.25. The molecule has 1 aliphatic heterocycles. The van der Waals surface area contributed by atoms with Crippen molar-refractivity contribution in [2.45, 2.75) is 12.8 Å². The Morgan fingerprint density at radius 2 is 2.00 bits per heavy atom. The van der Waals surface area contributed by atoms with Crippen molar-refractivity contribution >= 4 is 29.1 Å². The summed E-state index contributed by atoms with van der Waals surface area (Å²) in [5.41, 5.74) is 1.50. The number of hydrogen-bond donors (Lipinski definition) is 1. The third kappa shape index (κ3) is 4.30. The zero-order valence-corrected chi connectivity index (χ0v) is 16.7. The van der Waals surface area contributed by atoms with E-state index in [-0.39, 0.29) is 5.91 Å². The maximum Gasteiger partial charge on any atom is 0.258 e. The lowest BCUT2D eigenvalue weighted by molar-refractivity contribution is 0.0947. The van der Waals surface area contributed by atoms with Crippen molar-refractivity contribution in [2.24, 2.45) is 5.92 Å². The molecule has 1 saturated heterocycles. The molecule has 1 aromatic heterocycles. The molecule has 4 rings (SSSR count). The van der Waals surface area contributed by atoms with Crippen LogP contribution in [0.5, 0.6) is 5.88 Å². The van der Waals surface area contributed by atoms with Gasteiger partial charge in [-0.1, -0.05) is 17.7 Å². The van der Waals surface area contributed by atoms with Crippen molar-refractivity contribution in [3.63, 3.8) is 0 Å². The van der Waals surface area contributed by atoms with E-state index in [0.29, 0.717) is 29.9 Å². The van der Waals surface area contributed by atoms with Crippen LogP contribution in [-0.2, 0) is 0 Å². The van der Waals surface area contributed by atoms with Crippen molar-refractivity contribution < 1.29 is 9.53 Å². The molecule has 7 nitrogen and oxygen atoms in total. The quantitative estimate of drug-likeness (QED) is 0.802. The summed E-state index contributed by atoms with van der Waals surface area (Å²) in [6.07, 6.45) is 3.94. The number of nitrogens with zero attached hydrogens (tertiary/aromatic N) is 4. The number of hydrogen-bond acceptors (Lipinski definition) is 6. The predicted molar refractivity (Wildman–Crippen MR) is 110 cm³/mol. The Labute approximate surface area is 169 Å². The lowest BCUT2D eigenvalue weighted by Crippen LogP contribution is -2.47. The van der Waals surface area contributed by atoms with Crippen molar-refractivity contribution in [2.75, 3.05) is 49.6 Å². The van der Waals surface area contributed by atoms with Crippen LogP contribution in [0.3, 0.4) is 0 Å². The van der Waals surface area contributed by atoms with Crippen LogP contribution in [0.25, 0.3) is 0 Å². The fourth-order valence-electron chi connectivity index (χ4n) is 3.31. The maximum atomic E-state index is 12.4. The van der Waals surface area contributed by atoms with Gasteiger partial charge in [0.2, 0.25) is 11.8 Å². The van der Waals surface area contributed by atoms with Crippen LogP contribution in [0.2, 0.25) is 5.02 Å². The molecule has 2 fully saturated rings. The topological polar surface area (TPSA) is 70.6 Å². The van der Waals surface area contributed by atoms with Gasteiger partial charge >= 0.3 is 0 Å². The number of methoxy groups -OCH3 is 1. The second kappa shape index (κ2) is 8.22. The lowest BCUT2D eigenvalue weighted by Gasteiger charge is -2.36. The number of halogens is 1. The second-order valence-corrected chi connectivity index (χ2v) is 7.64. The van der Waals surface area contributed by atoms with Crippen molar-refractivity contribution in [3.05, 3.63) is 41.0 Å². The Morgan fingerprint density at radius 3 is 2.68 bits per heavy atom. The molecule has 148 valence electrons. The van der Waals surface area contributed by atoms with Crippen LogP contribution in [0.15, 0.2) is 30.5 Å². The van der Waals surface area contributed by atoms with Crippen LogP contribution in [0.1, 0.15) is 23.2 Å². The number of piperazine rings is 1. The molecule has 0 atom stereocenters. The summed E-state index contributed by atoms with van der Waals surface area (Å²) in [7, 11) is 1.53. The monoisotopic (exact) mass is 401 g/mol. The van der Waals surface area contributed by atoms with Crippen LogP contribution in [-0.4, -0.2) is 55.7 Å². The number of carbonyl (C=O) groups excluding carboxylic acids is 1. The normalized spacial score (nSPS) is 16.8. The maximum absolute atomic E-state index is 12.4. The first-order valence-corrected chi connectivity index (χ1v) is 9.96. The molecule has 2 heterocycles. The molecule has 0 spiro atoms. The van der Waals surface area contributed by atoms with Crippen LogP contribution >= 0.6 is 11.6 Å². The van der Waals surface area contributed by atoms with Gasteiger partial charge in [0.15, 0.2) is 0 Å². The Hall–Kier alpha value is -2.54. The van der Waals surface area contributed by atoms with Gasteiger partial charge in [0.1, 0.15) is 5.56 Å². The van der Waals surface area contributed by atoms with Gasteiger partial charge in [-0.05, 0) is 37.0 Å². The number of carbonyl (C=O) groups is 1. The third-order valence-electron chi connectivity index (χ3n) is 5.16. The van der Waals surface area contributed by atoms with E-state index in [9.17, 15) is 4.79 Å². The Kier molecular flexibility index (Phi) is 5.52. The van der Waals surface area contributed by atoms with Gasteiger partial charge in [-0.15, -0.1) is 0 Å². The fourth-order valence-corrected chi connectivity index (χ4v) is 3.50. The van der Waals surface area contributed by atoms with Crippen molar-refractivity contribution in [1.82, 2.24) is 15.3 Å². The van der Waals surface area contributed by atoms with E-state index < -0.39 is 0 Å². The minimum Gasteiger partial charge on any atom is -0.480 e. The lowest BCUT2D eigenvalue weighted by atomic mass is 10.2. The molecular formula is C20H24ClN5O2. The van der Waals surface area contributed by atoms with E-state index in [1.165, 1.54) is 20.0 Å². The first-order valence-electron chi connectivity index (χ1n) is 9.58. The van der Waals surface area contributed by atoms with Crippen LogP contribution in [0.4, 0.5) is 11.6 Å². The summed E-state index contributed by atoms with van der Waals surface area (Å²) >= 11 is 6.10. The van der Waals surface area contributed by atoms with Gasteiger partial charge in [0, 0.05) is 49.6 Å². The van der Waals surface area contributed by atoms with Gasteiger partial charge in [-0.25, -0.2) is 4.98 Å².